The molecule has 114 valence electrons. The molecular weight excluding hydrogens is 276 g/mol. The maximum absolute atomic E-state index is 12.7. The van der Waals surface area contributed by atoms with Crippen molar-refractivity contribution in [2.24, 2.45) is 0 Å². The van der Waals surface area contributed by atoms with E-state index in [4.69, 9.17) is 10.8 Å². The summed E-state index contributed by atoms with van der Waals surface area (Å²) in [4.78, 5) is 0.226. The van der Waals surface area contributed by atoms with Crippen LogP contribution in [0.1, 0.15) is 32.3 Å². The minimum absolute atomic E-state index is 0.106. The van der Waals surface area contributed by atoms with Crippen molar-refractivity contribution in [2.75, 3.05) is 18.9 Å². The molecule has 0 aliphatic carbocycles. The Morgan fingerprint density at radius 1 is 1.30 bits per heavy atom. The number of nitrogen functional groups attached to an aromatic ring is 1. The average molecular weight is 300 g/mol. The second-order valence-corrected chi connectivity index (χ2v) is 6.72. The third-order valence-corrected chi connectivity index (χ3v) is 5.47. The highest BCUT2D eigenvalue weighted by molar-refractivity contribution is 7.89. The lowest BCUT2D eigenvalue weighted by Gasteiger charge is -2.29. The molecule has 0 fully saturated rings. The van der Waals surface area contributed by atoms with Crippen molar-refractivity contribution in [2.45, 2.75) is 44.6 Å². The summed E-state index contributed by atoms with van der Waals surface area (Å²) in [6.07, 6.45) is 1.42. The standard InChI is InChI=1S/C14H24N2O3S/c1-4-12(5-2)16(8-9-17)20(18,19)13-6-7-14(15)11(3)10-13/h6-7,10,12,17H,4-5,8-9,15H2,1-3H3. The minimum atomic E-state index is -3.61. The lowest BCUT2D eigenvalue weighted by molar-refractivity contribution is 0.219. The van der Waals surface area contributed by atoms with E-state index in [9.17, 15) is 8.42 Å². The highest BCUT2D eigenvalue weighted by atomic mass is 32.2. The molecule has 0 bridgehead atoms. The largest absolute Gasteiger partial charge is 0.399 e. The number of rotatable bonds is 7. The zero-order valence-electron chi connectivity index (χ0n) is 12.3. The van der Waals surface area contributed by atoms with Crippen LogP contribution in [0, 0.1) is 6.92 Å². The van der Waals surface area contributed by atoms with Gasteiger partial charge in [0.05, 0.1) is 11.5 Å². The summed E-state index contributed by atoms with van der Waals surface area (Å²) in [5.41, 5.74) is 7.04. The summed E-state index contributed by atoms with van der Waals surface area (Å²) in [7, 11) is -3.61. The zero-order chi connectivity index (χ0) is 15.3. The summed E-state index contributed by atoms with van der Waals surface area (Å²) in [5, 5.41) is 9.16. The van der Waals surface area contributed by atoms with E-state index in [2.05, 4.69) is 0 Å². The third kappa shape index (κ3) is 3.50. The van der Waals surface area contributed by atoms with E-state index in [-0.39, 0.29) is 24.1 Å². The number of benzene rings is 1. The van der Waals surface area contributed by atoms with E-state index in [1.807, 2.05) is 13.8 Å². The summed E-state index contributed by atoms with van der Waals surface area (Å²) < 4.78 is 26.8. The molecular formula is C14H24N2O3S. The fourth-order valence-electron chi connectivity index (χ4n) is 2.24. The van der Waals surface area contributed by atoms with E-state index in [0.29, 0.717) is 18.5 Å². The van der Waals surface area contributed by atoms with E-state index in [0.717, 1.165) is 5.56 Å². The molecule has 6 heteroatoms. The van der Waals surface area contributed by atoms with Crippen LogP contribution in [0.2, 0.25) is 0 Å². The van der Waals surface area contributed by atoms with Crippen molar-refractivity contribution >= 4 is 15.7 Å². The van der Waals surface area contributed by atoms with Crippen LogP contribution in [-0.4, -0.2) is 37.0 Å². The van der Waals surface area contributed by atoms with Gasteiger partial charge in [0.15, 0.2) is 0 Å². The molecule has 5 nitrogen and oxygen atoms in total. The summed E-state index contributed by atoms with van der Waals surface area (Å²) >= 11 is 0. The third-order valence-electron chi connectivity index (χ3n) is 3.52. The van der Waals surface area contributed by atoms with Crippen LogP contribution < -0.4 is 5.73 Å². The Balaban J connectivity index is 3.24. The molecule has 1 aromatic rings. The molecule has 0 atom stereocenters. The van der Waals surface area contributed by atoms with Gasteiger partial charge in [0.1, 0.15) is 0 Å². The molecule has 0 aliphatic rings. The zero-order valence-corrected chi connectivity index (χ0v) is 13.2. The van der Waals surface area contributed by atoms with Gasteiger partial charge >= 0.3 is 0 Å². The average Bonchev–Trinajstić information content (AvgIpc) is 2.42. The topological polar surface area (TPSA) is 83.6 Å². The Hall–Kier alpha value is -1.11. The SMILES string of the molecule is CCC(CC)N(CCO)S(=O)(=O)c1ccc(N)c(C)c1. The maximum atomic E-state index is 12.7. The molecule has 20 heavy (non-hydrogen) atoms. The number of hydrogen-bond donors (Lipinski definition) is 2. The lowest BCUT2D eigenvalue weighted by atomic mass is 10.2. The Labute approximate surface area is 121 Å². The Bertz CT molecular complexity index is 539. The maximum Gasteiger partial charge on any atom is 0.243 e. The predicted octanol–water partition coefficient (Wildman–Crippen LogP) is 1.75. The smallest absolute Gasteiger partial charge is 0.243 e. The van der Waals surface area contributed by atoms with Gasteiger partial charge in [-0.1, -0.05) is 13.8 Å². The minimum Gasteiger partial charge on any atom is -0.399 e. The molecule has 0 saturated carbocycles. The van der Waals surface area contributed by atoms with Crippen LogP contribution in [0.5, 0.6) is 0 Å². The van der Waals surface area contributed by atoms with Crippen LogP contribution in [0.3, 0.4) is 0 Å². The molecule has 0 radical (unpaired) electrons. The number of aliphatic hydroxyl groups excluding tert-OH is 1. The molecule has 3 N–H and O–H groups in total. The van der Waals surface area contributed by atoms with Gasteiger partial charge < -0.3 is 10.8 Å². The molecule has 1 rings (SSSR count). The predicted molar refractivity (Wildman–Crippen MR) is 80.9 cm³/mol. The number of nitrogens with two attached hydrogens (primary N) is 1. The van der Waals surface area contributed by atoms with Crippen molar-refractivity contribution in [3.8, 4) is 0 Å². The summed E-state index contributed by atoms with van der Waals surface area (Å²) in [6.45, 7) is 5.59. The van der Waals surface area contributed by atoms with Crippen molar-refractivity contribution in [1.82, 2.24) is 4.31 Å². The first kappa shape index (κ1) is 16.9. The summed E-state index contributed by atoms with van der Waals surface area (Å²) in [5.74, 6) is 0. The van der Waals surface area contributed by atoms with Gasteiger partial charge in [0, 0.05) is 18.3 Å². The van der Waals surface area contributed by atoms with E-state index in [1.54, 1.807) is 19.1 Å². The fourth-order valence-corrected chi connectivity index (χ4v) is 4.09. The number of aryl methyl sites for hydroxylation is 1. The fraction of sp³-hybridized carbons (Fsp3) is 0.571. The quantitative estimate of drug-likeness (QED) is 0.751. The summed E-state index contributed by atoms with van der Waals surface area (Å²) in [6, 6.07) is 4.60. The van der Waals surface area contributed by atoms with Gasteiger partial charge in [-0.15, -0.1) is 0 Å². The molecule has 0 amide bonds. The van der Waals surface area contributed by atoms with Crippen molar-refractivity contribution < 1.29 is 13.5 Å². The van der Waals surface area contributed by atoms with Crippen LogP contribution in [0.15, 0.2) is 23.1 Å². The first-order valence-corrected chi connectivity index (χ1v) is 8.31. The number of hydrogen-bond acceptors (Lipinski definition) is 4. The van der Waals surface area contributed by atoms with E-state index >= 15 is 0 Å². The molecule has 0 heterocycles. The van der Waals surface area contributed by atoms with Crippen LogP contribution >= 0.6 is 0 Å². The molecule has 0 aromatic heterocycles. The van der Waals surface area contributed by atoms with Crippen molar-refractivity contribution in [3.63, 3.8) is 0 Å². The Morgan fingerprint density at radius 2 is 1.90 bits per heavy atom. The highest BCUT2D eigenvalue weighted by Crippen LogP contribution is 2.23. The van der Waals surface area contributed by atoms with E-state index in [1.165, 1.54) is 10.4 Å². The van der Waals surface area contributed by atoms with Crippen molar-refractivity contribution in [1.29, 1.82) is 0 Å². The van der Waals surface area contributed by atoms with Crippen LogP contribution in [0.25, 0.3) is 0 Å². The molecule has 0 saturated heterocycles. The number of aliphatic hydroxyl groups is 1. The normalized spacial score (nSPS) is 12.3. The van der Waals surface area contributed by atoms with Gasteiger partial charge in [0.2, 0.25) is 10.0 Å². The molecule has 1 aromatic carbocycles. The van der Waals surface area contributed by atoms with Gasteiger partial charge in [-0.25, -0.2) is 8.42 Å². The Kier molecular flexibility index (Phi) is 5.98. The van der Waals surface area contributed by atoms with Crippen LogP contribution in [-0.2, 0) is 10.0 Å². The highest BCUT2D eigenvalue weighted by Gasteiger charge is 2.29. The number of nitrogens with zero attached hydrogens (tertiary/aromatic N) is 1. The second-order valence-electron chi connectivity index (χ2n) is 4.83. The van der Waals surface area contributed by atoms with Gasteiger partial charge in [-0.2, -0.15) is 4.31 Å². The first-order valence-electron chi connectivity index (χ1n) is 6.87. The Morgan fingerprint density at radius 3 is 2.35 bits per heavy atom. The van der Waals surface area contributed by atoms with Crippen molar-refractivity contribution in [3.05, 3.63) is 23.8 Å². The molecule has 0 unspecified atom stereocenters. The molecule has 0 aliphatic heterocycles. The molecule has 0 spiro atoms. The van der Waals surface area contributed by atoms with Crippen LogP contribution in [0.4, 0.5) is 5.69 Å². The lowest BCUT2D eigenvalue weighted by Crippen LogP contribution is -2.41. The number of anilines is 1. The monoisotopic (exact) mass is 300 g/mol. The van der Waals surface area contributed by atoms with Gasteiger partial charge in [-0.3, -0.25) is 0 Å². The van der Waals surface area contributed by atoms with E-state index < -0.39 is 10.0 Å². The first-order chi connectivity index (χ1) is 9.38. The van der Waals surface area contributed by atoms with Gasteiger partial charge in [-0.05, 0) is 43.5 Å². The number of sulfonamides is 1. The van der Waals surface area contributed by atoms with Gasteiger partial charge in [0.25, 0.3) is 0 Å². The second kappa shape index (κ2) is 7.06.